The summed E-state index contributed by atoms with van der Waals surface area (Å²) < 4.78 is 13.7. The van der Waals surface area contributed by atoms with Crippen LogP contribution in [0.5, 0.6) is 0 Å². The van der Waals surface area contributed by atoms with Crippen LogP contribution in [0.15, 0.2) is 18.2 Å². The van der Waals surface area contributed by atoms with Gasteiger partial charge in [0.1, 0.15) is 0 Å². The summed E-state index contributed by atoms with van der Waals surface area (Å²) in [7, 11) is 0. The van der Waals surface area contributed by atoms with Crippen molar-refractivity contribution in [2.24, 2.45) is 0 Å². The number of non-ortho nitro benzene ring substituents is 1. The maximum Gasteiger partial charge on any atom is 0.272 e. The molecule has 2 N–H and O–H groups in total. The lowest BCUT2D eigenvalue weighted by molar-refractivity contribution is -0.385. The van der Waals surface area contributed by atoms with E-state index in [-0.39, 0.29) is 17.4 Å². The minimum absolute atomic E-state index is 0.196. The summed E-state index contributed by atoms with van der Waals surface area (Å²) in [6.07, 6.45) is 4.00. The number of nitrogens with zero attached hydrogens (tertiary/aromatic N) is 1. The van der Waals surface area contributed by atoms with Crippen LogP contribution in [0.25, 0.3) is 0 Å². The van der Waals surface area contributed by atoms with Gasteiger partial charge in [0.15, 0.2) is 5.82 Å². The molecule has 0 saturated heterocycles. The summed E-state index contributed by atoms with van der Waals surface area (Å²) in [5.74, 6) is -0.661. The quantitative estimate of drug-likeness (QED) is 0.502. The fourth-order valence-corrected chi connectivity index (χ4v) is 2.39. The molecule has 2 rings (SSSR count). The molecule has 0 amide bonds. The van der Waals surface area contributed by atoms with E-state index in [2.05, 4.69) is 5.32 Å². The van der Waals surface area contributed by atoms with Gasteiger partial charge in [-0.05, 0) is 18.9 Å². The van der Waals surface area contributed by atoms with Crippen LogP contribution < -0.4 is 5.32 Å². The molecule has 19 heavy (non-hydrogen) atoms. The topological polar surface area (TPSA) is 75.4 Å². The van der Waals surface area contributed by atoms with Crippen molar-refractivity contribution < 1.29 is 14.4 Å². The summed E-state index contributed by atoms with van der Waals surface area (Å²) in [6.45, 7) is 0. The zero-order valence-corrected chi connectivity index (χ0v) is 10.5. The third-order valence-electron chi connectivity index (χ3n) is 3.48. The van der Waals surface area contributed by atoms with E-state index in [4.69, 9.17) is 0 Å². The number of halogens is 1. The second-order valence-electron chi connectivity index (χ2n) is 4.88. The van der Waals surface area contributed by atoms with Crippen LogP contribution in [0.3, 0.4) is 0 Å². The molecule has 5 nitrogen and oxygen atoms in total. The van der Waals surface area contributed by atoms with Gasteiger partial charge in [-0.3, -0.25) is 10.1 Å². The molecule has 0 spiro atoms. The van der Waals surface area contributed by atoms with Crippen LogP contribution in [0, 0.1) is 15.9 Å². The average Bonchev–Trinajstić information content (AvgIpc) is 2.57. The maximum atomic E-state index is 13.7. The van der Waals surface area contributed by atoms with Gasteiger partial charge in [0, 0.05) is 6.07 Å². The Morgan fingerprint density at radius 2 is 2.05 bits per heavy atom. The van der Waals surface area contributed by atoms with E-state index in [1.54, 1.807) is 0 Å². The first-order valence-electron chi connectivity index (χ1n) is 6.46. The van der Waals surface area contributed by atoms with Gasteiger partial charge < -0.3 is 10.4 Å². The number of anilines is 1. The van der Waals surface area contributed by atoms with Crippen molar-refractivity contribution in [1.29, 1.82) is 0 Å². The van der Waals surface area contributed by atoms with E-state index in [0.29, 0.717) is 6.42 Å². The van der Waals surface area contributed by atoms with Crippen molar-refractivity contribution in [1.82, 2.24) is 0 Å². The van der Waals surface area contributed by atoms with Gasteiger partial charge in [-0.25, -0.2) is 4.39 Å². The predicted octanol–water partition coefficient (Wildman–Crippen LogP) is 2.84. The van der Waals surface area contributed by atoms with E-state index in [0.717, 1.165) is 31.7 Å². The van der Waals surface area contributed by atoms with E-state index >= 15 is 0 Å². The lowest BCUT2D eigenvalue weighted by Crippen LogP contribution is -2.32. The third-order valence-corrected chi connectivity index (χ3v) is 3.48. The van der Waals surface area contributed by atoms with Crippen molar-refractivity contribution >= 4 is 11.4 Å². The summed E-state index contributed by atoms with van der Waals surface area (Å²) in [4.78, 5) is 9.90. The molecule has 0 radical (unpaired) electrons. The normalized spacial score (nSPS) is 23.7. The second kappa shape index (κ2) is 5.97. The van der Waals surface area contributed by atoms with E-state index in [1.165, 1.54) is 12.1 Å². The molecule has 104 valence electrons. The minimum Gasteiger partial charge on any atom is -0.391 e. The van der Waals surface area contributed by atoms with Gasteiger partial charge in [0.05, 0.1) is 28.8 Å². The molecular weight excluding hydrogens is 251 g/mol. The number of benzene rings is 1. The number of nitro benzene ring substituents is 1. The summed E-state index contributed by atoms with van der Waals surface area (Å²) in [6, 6.07) is 3.31. The van der Waals surface area contributed by atoms with E-state index < -0.39 is 16.8 Å². The number of hydrogen-bond donors (Lipinski definition) is 2. The number of rotatable bonds is 3. The van der Waals surface area contributed by atoms with Gasteiger partial charge in [0.25, 0.3) is 5.69 Å². The lowest BCUT2D eigenvalue weighted by Gasteiger charge is -2.23. The smallest absolute Gasteiger partial charge is 0.272 e. The molecule has 0 heterocycles. The van der Waals surface area contributed by atoms with Crippen LogP contribution in [0.4, 0.5) is 15.8 Å². The van der Waals surface area contributed by atoms with Crippen molar-refractivity contribution in [3.8, 4) is 0 Å². The summed E-state index contributed by atoms with van der Waals surface area (Å²) >= 11 is 0. The van der Waals surface area contributed by atoms with Crippen molar-refractivity contribution in [3.63, 3.8) is 0 Å². The predicted molar refractivity (Wildman–Crippen MR) is 69.6 cm³/mol. The highest BCUT2D eigenvalue weighted by molar-refractivity contribution is 5.50. The largest absolute Gasteiger partial charge is 0.391 e. The minimum atomic E-state index is -0.661. The Kier molecular flexibility index (Phi) is 4.31. The third kappa shape index (κ3) is 3.41. The van der Waals surface area contributed by atoms with Crippen LogP contribution in [-0.4, -0.2) is 22.2 Å². The number of aliphatic hydroxyl groups is 1. The first-order chi connectivity index (χ1) is 9.08. The van der Waals surface area contributed by atoms with E-state index in [1.807, 2.05) is 0 Å². The van der Waals surface area contributed by atoms with Crippen molar-refractivity contribution in [3.05, 3.63) is 34.1 Å². The van der Waals surface area contributed by atoms with Crippen molar-refractivity contribution in [2.45, 2.75) is 44.2 Å². The van der Waals surface area contributed by atoms with Crippen molar-refractivity contribution in [2.75, 3.05) is 5.32 Å². The molecule has 1 aromatic rings. The Bertz CT molecular complexity index is 467. The molecule has 1 aliphatic carbocycles. The Morgan fingerprint density at radius 1 is 1.32 bits per heavy atom. The Hall–Kier alpha value is -1.69. The molecule has 2 atom stereocenters. The molecule has 0 bridgehead atoms. The standard InChI is InChI=1S/C13H17FN2O3/c14-10-8-9(16(18)19)6-7-11(10)15-12-4-2-1-3-5-13(12)17/h6-8,12-13,15,17H,1-5H2. The highest BCUT2D eigenvalue weighted by Crippen LogP contribution is 2.25. The Labute approximate surface area is 110 Å². The highest BCUT2D eigenvalue weighted by Gasteiger charge is 2.22. The number of aliphatic hydroxyl groups excluding tert-OH is 1. The number of nitrogens with one attached hydrogen (secondary N) is 1. The number of hydrogen-bond acceptors (Lipinski definition) is 4. The molecule has 0 aromatic heterocycles. The zero-order chi connectivity index (χ0) is 13.8. The number of nitro groups is 1. The first kappa shape index (κ1) is 13.7. The zero-order valence-electron chi connectivity index (χ0n) is 10.5. The van der Waals surface area contributed by atoms with Crippen LogP contribution >= 0.6 is 0 Å². The molecule has 0 aliphatic heterocycles. The van der Waals surface area contributed by atoms with Crippen LogP contribution in [0.1, 0.15) is 32.1 Å². The van der Waals surface area contributed by atoms with E-state index in [9.17, 15) is 19.6 Å². The lowest BCUT2D eigenvalue weighted by atomic mass is 10.1. The average molecular weight is 268 g/mol. The Balaban J connectivity index is 2.11. The van der Waals surface area contributed by atoms with Crippen LogP contribution in [0.2, 0.25) is 0 Å². The summed E-state index contributed by atoms with van der Waals surface area (Å²) in [5, 5.41) is 23.4. The first-order valence-corrected chi connectivity index (χ1v) is 6.46. The van der Waals surface area contributed by atoms with Crippen LogP contribution in [-0.2, 0) is 0 Å². The monoisotopic (exact) mass is 268 g/mol. The molecular formula is C13H17FN2O3. The molecule has 1 fully saturated rings. The fourth-order valence-electron chi connectivity index (χ4n) is 2.39. The summed E-state index contributed by atoms with van der Waals surface area (Å²) in [5.41, 5.74) is -0.0685. The molecule has 2 unspecified atom stereocenters. The highest BCUT2D eigenvalue weighted by atomic mass is 19.1. The SMILES string of the molecule is O=[N+]([O-])c1ccc(NC2CCCCCC2O)c(F)c1. The molecule has 1 aliphatic rings. The van der Waals surface area contributed by atoms with Gasteiger partial charge in [-0.15, -0.1) is 0 Å². The maximum absolute atomic E-state index is 13.7. The Morgan fingerprint density at radius 3 is 2.74 bits per heavy atom. The second-order valence-corrected chi connectivity index (χ2v) is 4.88. The van der Waals surface area contributed by atoms with Gasteiger partial charge in [-0.1, -0.05) is 19.3 Å². The fraction of sp³-hybridized carbons (Fsp3) is 0.538. The van der Waals surface area contributed by atoms with Gasteiger partial charge in [-0.2, -0.15) is 0 Å². The molecule has 1 saturated carbocycles. The molecule has 1 aromatic carbocycles. The molecule has 6 heteroatoms. The van der Waals surface area contributed by atoms with Gasteiger partial charge >= 0.3 is 0 Å². The van der Waals surface area contributed by atoms with Gasteiger partial charge in [0.2, 0.25) is 0 Å².